The van der Waals surface area contributed by atoms with Gasteiger partial charge in [0, 0.05) is 0 Å². The van der Waals surface area contributed by atoms with E-state index in [-0.39, 0.29) is 0 Å². The predicted molar refractivity (Wildman–Crippen MR) is 63.2 cm³/mol. The van der Waals surface area contributed by atoms with E-state index in [9.17, 15) is 9.59 Å². The fourth-order valence-corrected chi connectivity index (χ4v) is 1.37. The quantitative estimate of drug-likeness (QED) is 0.561. The molecule has 1 aromatic rings. The number of carbonyl (C=O) groups excluding carboxylic acids is 2. The van der Waals surface area contributed by atoms with Gasteiger partial charge in [0.15, 0.2) is 12.4 Å². The van der Waals surface area contributed by atoms with Gasteiger partial charge in [-0.25, -0.2) is 4.79 Å². The van der Waals surface area contributed by atoms with Crippen LogP contribution in [0.15, 0.2) is 24.3 Å². The first kappa shape index (κ1) is 13.2. The number of para-hydroxylation sites is 1. The minimum atomic E-state index is -0.670. The third kappa shape index (κ3) is 3.59. The van der Waals surface area contributed by atoms with Crippen molar-refractivity contribution in [1.29, 1.82) is 0 Å². The van der Waals surface area contributed by atoms with Gasteiger partial charge in [0.05, 0.1) is 12.2 Å². The second-order valence-corrected chi connectivity index (χ2v) is 3.42. The van der Waals surface area contributed by atoms with Gasteiger partial charge in [-0.3, -0.25) is 4.79 Å². The molecular weight excluding hydrogens is 220 g/mol. The molecule has 0 amide bonds. The second-order valence-electron chi connectivity index (χ2n) is 3.42. The first-order valence-corrected chi connectivity index (χ1v) is 5.60. The molecule has 0 aromatic heterocycles. The zero-order valence-electron chi connectivity index (χ0n) is 10.0. The van der Waals surface area contributed by atoms with E-state index in [1.165, 1.54) is 0 Å². The highest BCUT2D eigenvalue weighted by Gasteiger charge is 2.20. The average molecular weight is 236 g/mol. The largest absolute Gasteiger partial charge is 0.478 e. The van der Waals surface area contributed by atoms with Crippen LogP contribution in [0, 0.1) is 0 Å². The van der Waals surface area contributed by atoms with E-state index in [4.69, 9.17) is 9.47 Å². The van der Waals surface area contributed by atoms with E-state index in [1.54, 1.807) is 31.2 Å². The Kier molecular flexibility index (Phi) is 5.20. The number of rotatable bonds is 6. The molecule has 0 aliphatic carbocycles. The standard InChI is InChI=1S/C13H16O4/c1-3-11(13(15)16-4-2)17-12-8-6-5-7-10(12)9-14/h5-9,11H,3-4H2,1-2H3/t11-/m0/s1. The third-order valence-corrected chi connectivity index (χ3v) is 2.24. The van der Waals surface area contributed by atoms with Gasteiger partial charge in [0.1, 0.15) is 5.75 Å². The van der Waals surface area contributed by atoms with Crippen LogP contribution in [0.1, 0.15) is 30.6 Å². The Labute approximate surface area is 101 Å². The Morgan fingerprint density at radius 2 is 2.06 bits per heavy atom. The van der Waals surface area contributed by atoms with Crippen LogP contribution in [0.2, 0.25) is 0 Å². The minimum absolute atomic E-state index is 0.314. The number of esters is 1. The zero-order valence-corrected chi connectivity index (χ0v) is 10.0. The maximum atomic E-state index is 11.5. The molecule has 0 saturated heterocycles. The van der Waals surface area contributed by atoms with E-state index >= 15 is 0 Å². The van der Waals surface area contributed by atoms with Crippen LogP contribution in [0.25, 0.3) is 0 Å². The lowest BCUT2D eigenvalue weighted by atomic mass is 10.2. The fraction of sp³-hybridized carbons (Fsp3) is 0.385. The molecule has 0 fully saturated rings. The van der Waals surface area contributed by atoms with Gasteiger partial charge in [-0.05, 0) is 25.5 Å². The predicted octanol–water partition coefficient (Wildman–Crippen LogP) is 2.22. The van der Waals surface area contributed by atoms with Crippen molar-refractivity contribution in [3.63, 3.8) is 0 Å². The van der Waals surface area contributed by atoms with Crippen LogP contribution in [0.4, 0.5) is 0 Å². The van der Waals surface area contributed by atoms with Crippen LogP contribution in [0.3, 0.4) is 0 Å². The lowest BCUT2D eigenvalue weighted by Crippen LogP contribution is -2.29. The summed E-state index contributed by atoms with van der Waals surface area (Å²) in [6.07, 6.45) is 0.523. The van der Waals surface area contributed by atoms with Crippen LogP contribution >= 0.6 is 0 Å². The van der Waals surface area contributed by atoms with Crippen molar-refractivity contribution < 1.29 is 19.1 Å². The van der Waals surface area contributed by atoms with Crippen LogP contribution < -0.4 is 4.74 Å². The summed E-state index contributed by atoms with van der Waals surface area (Å²) in [5.41, 5.74) is 0.426. The van der Waals surface area contributed by atoms with Gasteiger partial charge in [0.25, 0.3) is 0 Å². The Morgan fingerprint density at radius 3 is 2.65 bits per heavy atom. The number of aldehydes is 1. The van der Waals surface area contributed by atoms with Crippen molar-refractivity contribution in [2.75, 3.05) is 6.61 Å². The maximum Gasteiger partial charge on any atom is 0.347 e. The number of carbonyl (C=O) groups is 2. The molecular formula is C13H16O4. The summed E-state index contributed by atoms with van der Waals surface area (Å²) < 4.78 is 10.4. The molecule has 92 valence electrons. The maximum absolute atomic E-state index is 11.5. The normalized spacial score (nSPS) is 11.6. The highest BCUT2D eigenvalue weighted by Crippen LogP contribution is 2.18. The highest BCUT2D eigenvalue weighted by molar-refractivity contribution is 5.80. The lowest BCUT2D eigenvalue weighted by molar-refractivity contribution is -0.151. The van der Waals surface area contributed by atoms with Gasteiger partial charge < -0.3 is 9.47 Å². The van der Waals surface area contributed by atoms with Gasteiger partial charge >= 0.3 is 5.97 Å². The number of hydrogen-bond donors (Lipinski definition) is 0. The van der Waals surface area contributed by atoms with Crippen LogP contribution in [-0.2, 0) is 9.53 Å². The molecule has 1 rings (SSSR count). The third-order valence-electron chi connectivity index (χ3n) is 2.24. The van der Waals surface area contributed by atoms with Gasteiger partial charge in [0.2, 0.25) is 0 Å². The molecule has 0 aliphatic heterocycles. The Balaban J connectivity index is 2.80. The molecule has 4 nitrogen and oxygen atoms in total. The van der Waals surface area contributed by atoms with E-state index in [0.717, 1.165) is 0 Å². The molecule has 0 bridgehead atoms. The molecule has 1 aromatic carbocycles. The summed E-state index contributed by atoms with van der Waals surface area (Å²) in [6.45, 7) is 3.88. The molecule has 0 unspecified atom stereocenters. The fourth-order valence-electron chi connectivity index (χ4n) is 1.37. The summed E-state index contributed by atoms with van der Waals surface area (Å²) in [6, 6.07) is 6.79. The molecule has 0 radical (unpaired) electrons. The molecule has 0 N–H and O–H groups in total. The van der Waals surface area contributed by atoms with Gasteiger partial charge in [-0.2, -0.15) is 0 Å². The number of benzene rings is 1. The molecule has 4 heteroatoms. The molecule has 0 heterocycles. The second kappa shape index (κ2) is 6.68. The number of hydrogen-bond acceptors (Lipinski definition) is 4. The molecule has 1 atom stereocenters. The molecule has 17 heavy (non-hydrogen) atoms. The zero-order chi connectivity index (χ0) is 12.7. The highest BCUT2D eigenvalue weighted by atomic mass is 16.6. The van der Waals surface area contributed by atoms with Crippen molar-refractivity contribution in [2.24, 2.45) is 0 Å². The SMILES string of the molecule is CCOC(=O)[C@H](CC)Oc1ccccc1C=O. The van der Waals surface area contributed by atoms with Gasteiger partial charge in [-0.15, -0.1) is 0 Å². The Hall–Kier alpha value is -1.84. The molecule has 0 saturated carbocycles. The summed E-state index contributed by atoms with van der Waals surface area (Å²) in [4.78, 5) is 22.3. The molecule has 0 aliphatic rings. The minimum Gasteiger partial charge on any atom is -0.478 e. The number of ether oxygens (including phenoxy) is 2. The van der Waals surface area contributed by atoms with Crippen molar-refractivity contribution in [2.45, 2.75) is 26.4 Å². The summed E-state index contributed by atoms with van der Waals surface area (Å²) in [5, 5.41) is 0. The van der Waals surface area contributed by atoms with Crippen LogP contribution in [0.5, 0.6) is 5.75 Å². The van der Waals surface area contributed by atoms with Crippen LogP contribution in [-0.4, -0.2) is 25.0 Å². The Bertz CT molecular complexity index is 387. The summed E-state index contributed by atoms with van der Waals surface area (Å²) in [7, 11) is 0. The van der Waals surface area contributed by atoms with E-state index in [1.807, 2.05) is 6.92 Å². The monoisotopic (exact) mass is 236 g/mol. The summed E-state index contributed by atoms with van der Waals surface area (Å²) >= 11 is 0. The molecule has 0 spiro atoms. The first-order valence-electron chi connectivity index (χ1n) is 5.60. The topological polar surface area (TPSA) is 52.6 Å². The van der Waals surface area contributed by atoms with Crippen molar-refractivity contribution in [1.82, 2.24) is 0 Å². The van der Waals surface area contributed by atoms with E-state index < -0.39 is 12.1 Å². The lowest BCUT2D eigenvalue weighted by Gasteiger charge is -2.16. The summed E-state index contributed by atoms with van der Waals surface area (Å²) in [5.74, 6) is -0.00175. The average Bonchev–Trinajstić information content (AvgIpc) is 2.36. The van der Waals surface area contributed by atoms with Gasteiger partial charge in [-0.1, -0.05) is 19.1 Å². The first-order chi connectivity index (χ1) is 8.22. The van der Waals surface area contributed by atoms with Crippen molar-refractivity contribution in [3.05, 3.63) is 29.8 Å². The smallest absolute Gasteiger partial charge is 0.347 e. The van der Waals surface area contributed by atoms with Crippen molar-refractivity contribution >= 4 is 12.3 Å². The Morgan fingerprint density at radius 1 is 1.35 bits per heavy atom. The van der Waals surface area contributed by atoms with E-state index in [0.29, 0.717) is 30.6 Å². The van der Waals surface area contributed by atoms with E-state index in [2.05, 4.69) is 0 Å². The van der Waals surface area contributed by atoms with Crippen molar-refractivity contribution in [3.8, 4) is 5.75 Å².